The van der Waals surface area contributed by atoms with Gasteiger partial charge in [-0.3, -0.25) is 4.79 Å². The third kappa shape index (κ3) is 2.50. The predicted octanol–water partition coefficient (Wildman–Crippen LogP) is 1.66. The number of hydrogen-bond donors (Lipinski definition) is 2. The number of fused-ring (bicyclic) bond motifs is 2. The highest BCUT2D eigenvalue weighted by Gasteiger charge is 2.23. The van der Waals surface area contributed by atoms with E-state index >= 15 is 0 Å². The number of nitrogens with zero attached hydrogens (tertiary/aromatic N) is 1. The molecule has 0 amide bonds. The normalized spacial score (nSPS) is 15.8. The monoisotopic (exact) mass is 286 g/mol. The summed E-state index contributed by atoms with van der Waals surface area (Å²) in [6.07, 6.45) is 1.05. The van der Waals surface area contributed by atoms with Crippen molar-refractivity contribution in [2.45, 2.75) is 19.3 Å². The van der Waals surface area contributed by atoms with Crippen LogP contribution in [0, 0.1) is 11.3 Å². The summed E-state index contributed by atoms with van der Waals surface area (Å²) in [5.41, 5.74) is 2.97. The molecule has 6 nitrogen and oxygen atoms in total. The number of rotatable bonds is 3. The van der Waals surface area contributed by atoms with Gasteiger partial charge in [0, 0.05) is 17.8 Å². The highest BCUT2D eigenvalue weighted by atomic mass is 16.7. The molecule has 0 aromatic heterocycles. The molecule has 0 spiro atoms. The maximum absolute atomic E-state index is 10.8. The molecule has 108 valence electrons. The second kappa shape index (κ2) is 5.37. The standard InChI is InChI=1S/C15H14N2O4/c16-7-11-10-6-14-13(20-8-21-14)5-9(10)3-4-17-12(11)1-2-15(18)19/h5-6,17H,1-4,8H2,(H,18,19). The number of carbonyl (C=O) groups is 1. The Bertz CT molecular complexity index is 673. The van der Waals surface area contributed by atoms with Crippen molar-refractivity contribution in [3.05, 3.63) is 29.0 Å². The van der Waals surface area contributed by atoms with Crippen LogP contribution in [0.2, 0.25) is 0 Å². The number of benzene rings is 1. The van der Waals surface area contributed by atoms with Crippen LogP contribution in [0.1, 0.15) is 24.0 Å². The van der Waals surface area contributed by atoms with Crippen LogP contribution in [0.5, 0.6) is 11.5 Å². The van der Waals surface area contributed by atoms with Crippen molar-refractivity contribution in [3.8, 4) is 17.6 Å². The van der Waals surface area contributed by atoms with E-state index in [1.165, 1.54) is 0 Å². The largest absolute Gasteiger partial charge is 0.481 e. The van der Waals surface area contributed by atoms with Gasteiger partial charge in [-0.25, -0.2) is 0 Å². The molecule has 3 rings (SSSR count). The summed E-state index contributed by atoms with van der Waals surface area (Å²) in [6.45, 7) is 0.848. The zero-order chi connectivity index (χ0) is 14.8. The molecule has 2 N–H and O–H groups in total. The zero-order valence-electron chi connectivity index (χ0n) is 11.3. The number of nitriles is 1. The molecule has 0 saturated heterocycles. The van der Waals surface area contributed by atoms with E-state index in [0.29, 0.717) is 35.7 Å². The molecule has 0 fully saturated rings. The van der Waals surface area contributed by atoms with Gasteiger partial charge in [0.05, 0.1) is 12.0 Å². The van der Waals surface area contributed by atoms with E-state index in [-0.39, 0.29) is 13.2 Å². The minimum Gasteiger partial charge on any atom is -0.481 e. The average Bonchev–Trinajstić information content (AvgIpc) is 2.84. The Morgan fingerprint density at radius 2 is 2.14 bits per heavy atom. The van der Waals surface area contributed by atoms with E-state index in [1.54, 1.807) is 0 Å². The third-order valence-electron chi connectivity index (χ3n) is 3.60. The van der Waals surface area contributed by atoms with Crippen molar-refractivity contribution in [3.63, 3.8) is 0 Å². The van der Waals surface area contributed by atoms with Crippen molar-refractivity contribution in [2.24, 2.45) is 0 Å². The van der Waals surface area contributed by atoms with Gasteiger partial charge in [0.2, 0.25) is 6.79 Å². The van der Waals surface area contributed by atoms with E-state index in [9.17, 15) is 10.1 Å². The highest BCUT2D eigenvalue weighted by Crippen LogP contribution is 2.38. The summed E-state index contributed by atoms with van der Waals surface area (Å²) in [5, 5.41) is 21.5. The van der Waals surface area contributed by atoms with Gasteiger partial charge >= 0.3 is 5.97 Å². The number of aliphatic carboxylic acids is 1. The summed E-state index contributed by atoms with van der Waals surface area (Å²) >= 11 is 0. The topological polar surface area (TPSA) is 91.6 Å². The third-order valence-corrected chi connectivity index (χ3v) is 3.60. The molecule has 2 aliphatic rings. The molecule has 6 heteroatoms. The molecular weight excluding hydrogens is 272 g/mol. The Hall–Kier alpha value is -2.68. The molecule has 0 saturated carbocycles. The van der Waals surface area contributed by atoms with Gasteiger partial charge in [0.1, 0.15) is 6.07 Å². The van der Waals surface area contributed by atoms with Crippen LogP contribution in [0.25, 0.3) is 5.57 Å². The molecule has 1 aromatic rings. The molecule has 2 aliphatic heterocycles. The van der Waals surface area contributed by atoms with Crippen molar-refractivity contribution in [1.82, 2.24) is 5.32 Å². The van der Waals surface area contributed by atoms with E-state index in [0.717, 1.165) is 17.5 Å². The highest BCUT2D eigenvalue weighted by molar-refractivity contribution is 5.83. The fraction of sp³-hybridized carbons (Fsp3) is 0.333. The number of hydrogen-bond acceptors (Lipinski definition) is 5. The minimum absolute atomic E-state index is 0.00655. The lowest BCUT2D eigenvalue weighted by molar-refractivity contribution is -0.136. The van der Waals surface area contributed by atoms with E-state index in [4.69, 9.17) is 14.6 Å². The summed E-state index contributed by atoms with van der Waals surface area (Å²) in [6, 6.07) is 5.90. The van der Waals surface area contributed by atoms with E-state index in [2.05, 4.69) is 11.4 Å². The van der Waals surface area contributed by atoms with Gasteiger partial charge in [-0.1, -0.05) is 0 Å². The maximum Gasteiger partial charge on any atom is 0.303 e. The van der Waals surface area contributed by atoms with Gasteiger partial charge < -0.3 is 19.9 Å². The van der Waals surface area contributed by atoms with Gasteiger partial charge in [-0.15, -0.1) is 0 Å². The van der Waals surface area contributed by atoms with Crippen molar-refractivity contribution in [2.75, 3.05) is 13.3 Å². The lowest BCUT2D eigenvalue weighted by Gasteiger charge is -2.09. The second-order valence-corrected chi connectivity index (χ2v) is 4.90. The summed E-state index contributed by atoms with van der Waals surface area (Å²) in [7, 11) is 0. The molecule has 0 bridgehead atoms. The summed E-state index contributed by atoms with van der Waals surface area (Å²) in [5.74, 6) is 0.442. The van der Waals surface area contributed by atoms with Crippen LogP contribution < -0.4 is 14.8 Å². The molecule has 2 heterocycles. The Morgan fingerprint density at radius 3 is 2.86 bits per heavy atom. The molecule has 1 aromatic carbocycles. The van der Waals surface area contributed by atoms with E-state index in [1.807, 2.05) is 12.1 Å². The molecule has 0 atom stereocenters. The average molecular weight is 286 g/mol. The molecule has 0 aliphatic carbocycles. The lowest BCUT2D eigenvalue weighted by atomic mass is 9.96. The van der Waals surface area contributed by atoms with Crippen LogP contribution in [-0.4, -0.2) is 24.4 Å². The number of carboxylic acids is 1. The van der Waals surface area contributed by atoms with Crippen molar-refractivity contribution >= 4 is 11.5 Å². The van der Waals surface area contributed by atoms with Crippen LogP contribution in [0.15, 0.2) is 17.8 Å². The lowest BCUT2D eigenvalue weighted by Crippen LogP contribution is -2.16. The Labute approximate surface area is 121 Å². The molecule has 21 heavy (non-hydrogen) atoms. The van der Waals surface area contributed by atoms with Gasteiger partial charge in [0.25, 0.3) is 0 Å². The van der Waals surface area contributed by atoms with Gasteiger partial charge in [-0.05, 0) is 30.5 Å². The fourth-order valence-electron chi connectivity index (χ4n) is 2.60. The number of nitrogens with one attached hydrogen (secondary N) is 1. The number of ether oxygens (including phenoxy) is 2. The first kappa shape index (κ1) is 13.3. The van der Waals surface area contributed by atoms with Crippen LogP contribution >= 0.6 is 0 Å². The Balaban J connectivity index is 2.04. The van der Waals surface area contributed by atoms with Crippen LogP contribution in [0.4, 0.5) is 0 Å². The number of carboxylic acid groups (broad SMARTS) is 1. The fourth-order valence-corrected chi connectivity index (χ4v) is 2.60. The first-order valence-electron chi connectivity index (χ1n) is 6.71. The number of allylic oxidation sites excluding steroid dienone is 2. The Morgan fingerprint density at radius 1 is 1.38 bits per heavy atom. The van der Waals surface area contributed by atoms with Crippen LogP contribution in [-0.2, 0) is 11.2 Å². The first-order chi connectivity index (χ1) is 10.2. The summed E-state index contributed by atoms with van der Waals surface area (Å²) < 4.78 is 10.7. The first-order valence-corrected chi connectivity index (χ1v) is 6.71. The molecule has 0 radical (unpaired) electrons. The maximum atomic E-state index is 10.8. The summed E-state index contributed by atoms with van der Waals surface area (Å²) in [4.78, 5) is 10.8. The Kier molecular flexibility index (Phi) is 3.40. The van der Waals surface area contributed by atoms with Crippen molar-refractivity contribution in [1.29, 1.82) is 5.26 Å². The van der Waals surface area contributed by atoms with E-state index < -0.39 is 5.97 Å². The molecular formula is C15H14N2O4. The zero-order valence-corrected chi connectivity index (χ0v) is 11.3. The minimum atomic E-state index is -0.878. The second-order valence-electron chi connectivity index (χ2n) is 4.90. The van der Waals surface area contributed by atoms with Crippen molar-refractivity contribution < 1.29 is 19.4 Å². The van der Waals surface area contributed by atoms with Crippen LogP contribution in [0.3, 0.4) is 0 Å². The van der Waals surface area contributed by atoms with Gasteiger partial charge in [0.15, 0.2) is 11.5 Å². The quantitative estimate of drug-likeness (QED) is 0.878. The SMILES string of the molecule is N#CC1=C(CCC(=O)O)NCCc2cc3c(cc21)OCO3. The molecule has 0 unspecified atom stereocenters. The smallest absolute Gasteiger partial charge is 0.303 e. The predicted molar refractivity (Wildman–Crippen MR) is 73.7 cm³/mol. The van der Waals surface area contributed by atoms with Gasteiger partial charge in [-0.2, -0.15) is 5.26 Å².